The van der Waals surface area contributed by atoms with Crippen molar-refractivity contribution >= 4 is 38.3 Å². The van der Waals surface area contributed by atoms with Crippen molar-refractivity contribution in [3.8, 4) is 0 Å². The number of fused-ring (bicyclic) bond motifs is 1. The maximum Gasteiger partial charge on any atom is 0.257 e. The van der Waals surface area contributed by atoms with Crippen LogP contribution in [0.3, 0.4) is 0 Å². The van der Waals surface area contributed by atoms with Crippen molar-refractivity contribution in [2.45, 2.75) is 6.42 Å². The second kappa shape index (κ2) is 6.68. The third kappa shape index (κ3) is 3.05. The van der Waals surface area contributed by atoms with Crippen LogP contribution >= 0.6 is 15.9 Å². The number of benzene rings is 2. The summed E-state index contributed by atoms with van der Waals surface area (Å²) >= 11 is 3.49. The number of hydrogen-bond acceptors (Lipinski definition) is 1. The Kier molecular flexibility index (Phi) is 4.36. The number of hydrogen-bond donors (Lipinski definition) is 1. The summed E-state index contributed by atoms with van der Waals surface area (Å²) in [5, 5.41) is 1.11. The van der Waals surface area contributed by atoms with Gasteiger partial charge in [-0.25, -0.2) is 8.78 Å². The minimum Gasteiger partial charge on any atom is -0.361 e. The van der Waals surface area contributed by atoms with Crippen molar-refractivity contribution in [1.82, 2.24) is 9.88 Å². The number of carbonyl (C=O) groups is 1. The van der Waals surface area contributed by atoms with Crippen LogP contribution in [0.1, 0.15) is 22.3 Å². The lowest BCUT2D eigenvalue weighted by molar-refractivity contribution is 0.0767. The average Bonchev–Trinajstić information content (AvgIpc) is 3.06. The number of halogens is 3. The largest absolute Gasteiger partial charge is 0.361 e. The summed E-state index contributed by atoms with van der Waals surface area (Å²) in [4.78, 5) is 17.3. The molecule has 1 aromatic heterocycles. The molecule has 132 valence electrons. The Bertz CT molecular complexity index is 1040. The number of amides is 1. The first-order chi connectivity index (χ1) is 12.5. The Morgan fingerprint density at radius 3 is 2.77 bits per heavy atom. The van der Waals surface area contributed by atoms with Crippen LogP contribution in [0.5, 0.6) is 0 Å². The standard InChI is InChI=1S/C20H15BrF2N2O/c21-13-1-4-19-15(9-13)17(11-24-19)12-5-7-25(8-6-12)20(26)16-10-14(22)2-3-18(16)23/h1-5,9-11,24H,6-8H2. The number of aromatic amines is 1. The Hall–Kier alpha value is -2.47. The quantitative estimate of drug-likeness (QED) is 0.616. The molecule has 0 saturated heterocycles. The second-order valence-electron chi connectivity index (χ2n) is 6.25. The molecule has 0 aliphatic carbocycles. The molecule has 3 aromatic rings. The van der Waals surface area contributed by atoms with Crippen molar-refractivity contribution in [3.05, 3.63) is 75.9 Å². The first-order valence-electron chi connectivity index (χ1n) is 8.23. The van der Waals surface area contributed by atoms with E-state index in [1.807, 2.05) is 24.4 Å². The number of nitrogens with zero attached hydrogens (tertiary/aromatic N) is 1. The minimum absolute atomic E-state index is 0.224. The van der Waals surface area contributed by atoms with Crippen LogP contribution in [0.2, 0.25) is 0 Å². The molecule has 0 spiro atoms. The minimum atomic E-state index is -0.701. The fraction of sp³-hybridized carbons (Fsp3) is 0.150. The predicted octanol–water partition coefficient (Wildman–Crippen LogP) is 5.14. The molecule has 0 unspecified atom stereocenters. The van der Waals surface area contributed by atoms with Gasteiger partial charge in [0.25, 0.3) is 5.91 Å². The Balaban J connectivity index is 1.59. The van der Waals surface area contributed by atoms with Crippen molar-refractivity contribution in [1.29, 1.82) is 0 Å². The second-order valence-corrected chi connectivity index (χ2v) is 7.16. The van der Waals surface area contributed by atoms with Crippen molar-refractivity contribution in [3.63, 3.8) is 0 Å². The third-order valence-corrected chi connectivity index (χ3v) is 5.14. The van der Waals surface area contributed by atoms with E-state index in [2.05, 4.69) is 27.0 Å². The molecule has 0 bridgehead atoms. The van der Waals surface area contributed by atoms with Gasteiger partial charge in [0, 0.05) is 40.2 Å². The molecule has 1 N–H and O–H groups in total. The van der Waals surface area contributed by atoms with Gasteiger partial charge in [-0.15, -0.1) is 0 Å². The van der Waals surface area contributed by atoms with E-state index in [1.165, 1.54) is 4.90 Å². The number of rotatable bonds is 2. The zero-order chi connectivity index (χ0) is 18.3. The summed E-state index contributed by atoms with van der Waals surface area (Å²) in [6.45, 7) is 0.825. The molecule has 0 fully saturated rings. The van der Waals surface area contributed by atoms with E-state index in [0.717, 1.165) is 44.7 Å². The van der Waals surface area contributed by atoms with Crippen LogP contribution in [0.15, 0.2) is 53.1 Å². The smallest absolute Gasteiger partial charge is 0.257 e. The van der Waals surface area contributed by atoms with E-state index in [4.69, 9.17) is 0 Å². The molecule has 0 saturated carbocycles. The van der Waals surface area contributed by atoms with Gasteiger partial charge in [-0.2, -0.15) is 0 Å². The summed E-state index contributed by atoms with van der Waals surface area (Å²) in [5.74, 6) is -1.81. The van der Waals surface area contributed by atoms with Crippen LogP contribution in [0, 0.1) is 11.6 Å². The first kappa shape index (κ1) is 17.0. The van der Waals surface area contributed by atoms with Gasteiger partial charge in [-0.1, -0.05) is 22.0 Å². The van der Waals surface area contributed by atoms with Crippen LogP contribution in [0.4, 0.5) is 8.78 Å². The SMILES string of the molecule is O=C(c1cc(F)ccc1F)N1CC=C(c2c[nH]c3ccc(Br)cc23)CC1. The van der Waals surface area contributed by atoms with E-state index >= 15 is 0 Å². The van der Waals surface area contributed by atoms with Gasteiger partial charge in [0.15, 0.2) is 0 Å². The molecule has 0 atom stereocenters. The van der Waals surface area contributed by atoms with Crippen molar-refractivity contribution in [2.75, 3.05) is 13.1 Å². The highest BCUT2D eigenvalue weighted by molar-refractivity contribution is 9.10. The normalized spacial score (nSPS) is 14.6. The molecule has 26 heavy (non-hydrogen) atoms. The van der Waals surface area contributed by atoms with Gasteiger partial charge >= 0.3 is 0 Å². The summed E-state index contributed by atoms with van der Waals surface area (Å²) in [5.41, 5.74) is 3.06. The Labute approximate surface area is 157 Å². The van der Waals surface area contributed by atoms with Crippen molar-refractivity contribution in [2.24, 2.45) is 0 Å². The molecule has 0 radical (unpaired) electrons. The lowest BCUT2D eigenvalue weighted by atomic mass is 9.98. The monoisotopic (exact) mass is 416 g/mol. The predicted molar refractivity (Wildman–Crippen MR) is 101 cm³/mol. The fourth-order valence-corrected chi connectivity index (χ4v) is 3.65. The summed E-state index contributed by atoms with van der Waals surface area (Å²) in [6.07, 6.45) is 4.59. The molecule has 6 heteroatoms. The van der Waals surface area contributed by atoms with Gasteiger partial charge in [-0.05, 0) is 48.4 Å². The molecule has 1 aliphatic rings. The molecule has 1 amide bonds. The van der Waals surface area contributed by atoms with Crippen LogP contribution in [-0.4, -0.2) is 28.9 Å². The first-order valence-corrected chi connectivity index (χ1v) is 9.02. The Morgan fingerprint density at radius 2 is 2.00 bits per heavy atom. The highest BCUT2D eigenvalue weighted by atomic mass is 79.9. The zero-order valence-corrected chi connectivity index (χ0v) is 15.3. The molecule has 4 rings (SSSR count). The third-order valence-electron chi connectivity index (χ3n) is 4.64. The lowest BCUT2D eigenvalue weighted by Crippen LogP contribution is -2.35. The van der Waals surface area contributed by atoms with Gasteiger partial charge in [-0.3, -0.25) is 4.79 Å². The Morgan fingerprint density at radius 1 is 1.15 bits per heavy atom. The average molecular weight is 417 g/mol. The number of nitrogens with one attached hydrogen (secondary N) is 1. The zero-order valence-electron chi connectivity index (χ0n) is 13.7. The fourth-order valence-electron chi connectivity index (χ4n) is 3.29. The van der Waals surface area contributed by atoms with E-state index < -0.39 is 17.5 Å². The van der Waals surface area contributed by atoms with Crippen LogP contribution in [-0.2, 0) is 0 Å². The summed E-state index contributed by atoms with van der Waals surface area (Å²) in [6, 6.07) is 8.99. The van der Waals surface area contributed by atoms with E-state index in [1.54, 1.807) is 0 Å². The van der Waals surface area contributed by atoms with E-state index in [-0.39, 0.29) is 5.56 Å². The van der Waals surface area contributed by atoms with E-state index in [0.29, 0.717) is 19.5 Å². The molecule has 3 nitrogen and oxygen atoms in total. The number of H-pyrrole nitrogens is 1. The topological polar surface area (TPSA) is 36.1 Å². The molecule has 2 heterocycles. The maximum atomic E-state index is 13.8. The van der Waals surface area contributed by atoms with Crippen LogP contribution in [0.25, 0.3) is 16.5 Å². The number of carbonyl (C=O) groups excluding carboxylic acids is 1. The molecular formula is C20H15BrF2N2O. The van der Waals surface area contributed by atoms with Gasteiger partial charge in [0.05, 0.1) is 5.56 Å². The molecule has 2 aromatic carbocycles. The summed E-state index contributed by atoms with van der Waals surface area (Å²) in [7, 11) is 0. The summed E-state index contributed by atoms with van der Waals surface area (Å²) < 4.78 is 28.2. The molecule has 1 aliphatic heterocycles. The van der Waals surface area contributed by atoms with E-state index in [9.17, 15) is 13.6 Å². The highest BCUT2D eigenvalue weighted by Crippen LogP contribution is 2.31. The maximum absolute atomic E-state index is 13.8. The van der Waals surface area contributed by atoms with Crippen molar-refractivity contribution < 1.29 is 13.6 Å². The van der Waals surface area contributed by atoms with Gasteiger partial charge in [0.2, 0.25) is 0 Å². The van der Waals surface area contributed by atoms with Gasteiger partial charge in [0.1, 0.15) is 11.6 Å². The number of aromatic nitrogens is 1. The molecular weight excluding hydrogens is 402 g/mol. The van der Waals surface area contributed by atoms with Gasteiger partial charge < -0.3 is 9.88 Å². The highest BCUT2D eigenvalue weighted by Gasteiger charge is 2.23. The van der Waals surface area contributed by atoms with Crippen LogP contribution < -0.4 is 0 Å². The lowest BCUT2D eigenvalue weighted by Gasteiger charge is -2.26.